The van der Waals surface area contributed by atoms with Gasteiger partial charge in [-0.25, -0.2) is 0 Å². The molecular weight excluding hydrogens is 178 g/mol. The molecule has 0 fully saturated rings. The van der Waals surface area contributed by atoms with E-state index in [-0.39, 0.29) is 0 Å². The first-order chi connectivity index (χ1) is 6.85. The van der Waals surface area contributed by atoms with Gasteiger partial charge in [0.05, 0.1) is 0 Å². The van der Waals surface area contributed by atoms with Crippen molar-refractivity contribution in [3.8, 4) is 0 Å². The van der Waals surface area contributed by atoms with Gasteiger partial charge in [0.15, 0.2) is 0 Å². The molecule has 0 saturated heterocycles. The number of hydrogen-bond acceptors (Lipinski definition) is 3. The van der Waals surface area contributed by atoms with E-state index in [9.17, 15) is 0 Å². The van der Waals surface area contributed by atoms with Crippen molar-refractivity contribution in [1.29, 1.82) is 0 Å². The molecule has 86 valence electrons. The van der Waals surface area contributed by atoms with Gasteiger partial charge in [-0.05, 0) is 32.4 Å². The minimum Gasteiger partial charge on any atom is -0.385 e. The quantitative estimate of drug-likeness (QED) is 0.505. The number of ether oxygens (including phenoxy) is 2. The Morgan fingerprint density at radius 3 is 2.00 bits per heavy atom. The predicted octanol–water partition coefficient (Wildman–Crippen LogP) is 1.77. The van der Waals surface area contributed by atoms with Crippen LogP contribution in [-0.2, 0) is 9.47 Å². The maximum atomic E-state index is 5.03. The molecule has 0 aromatic carbocycles. The van der Waals surface area contributed by atoms with Crippen LogP contribution < -0.4 is 0 Å². The second kappa shape index (κ2) is 11.0. The van der Waals surface area contributed by atoms with E-state index >= 15 is 0 Å². The fraction of sp³-hybridized carbons (Fsp3) is 1.00. The Kier molecular flexibility index (Phi) is 10.9. The van der Waals surface area contributed by atoms with E-state index in [1.54, 1.807) is 14.2 Å². The minimum atomic E-state index is 0.870. The molecule has 0 saturated carbocycles. The molecule has 0 rings (SSSR count). The zero-order valence-electron chi connectivity index (χ0n) is 9.92. The summed E-state index contributed by atoms with van der Waals surface area (Å²) in [6, 6.07) is 0. The molecule has 0 aromatic rings. The van der Waals surface area contributed by atoms with E-state index < -0.39 is 0 Å². The van der Waals surface area contributed by atoms with Crippen LogP contribution in [0.5, 0.6) is 0 Å². The Morgan fingerprint density at radius 2 is 1.43 bits per heavy atom. The monoisotopic (exact) mass is 203 g/mol. The van der Waals surface area contributed by atoms with Crippen LogP contribution in [0.25, 0.3) is 0 Å². The molecule has 0 spiro atoms. The Morgan fingerprint density at radius 1 is 0.857 bits per heavy atom. The highest BCUT2D eigenvalue weighted by molar-refractivity contribution is 4.55. The van der Waals surface area contributed by atoms with Gasteiger partial charge in [0, 0.05) is 34.0 Å². The molecule has 0 aromatic heterocycles. The maximum absolute atomic E-state index is 5.03. The largest absolute Gasteiger partial charge is 0.385 e. The van der Waals surface area contributed by atoms with E-state index in [0.717, 1.165) is 39.1 Å². The Labute approximate surface area is 88.4 Å². The predicted molar refractivity (Wildman–Crippen MR) is 59.7 cm³/mol. The molecule has 0 N–H and O–H groups in total. The Bertz CT molecular complexity index is 109. The SMILES string of the molecule is CCN(CCCCOC)CCCOC. The van der Waals surface area contributed by atoms with Crippen LogP contribution in [0.4, 0.5) is 0 Å². The maximum Gasteiger partial charge on any atom is 0.0474 e. The number of rotatable bonds is 10. The number of unbranched alkanes of at least 4 members (excludes halogenated alkanes) is 1. The average Bonchev–Trinajstić information content (AvgIpc) is 2.22. The Hall–Kier alpha value is -0.120. The highest BCUT2D eigenvalue weighted by Gasteiger charge is 2.00. The van der Waals surface area contributed by atoms with Gasteiger partial charge in [-0.2, -0.15) is 0 Å². The first-order valence-corrected chi connectivity index (χ1v) is 5.55. The van der Waals surface area contributed by atoms with Crippen LogP contribution in [0.3, 0.4) is 0 Å². The summed E-state index contributed by atoms with van der Waals surface area (Å²) in [6.07, 6.45) is 3.53. The molecule has 0 aliphatic carbocycles. The first-order valence-electron chi connectivity index (χ1n) is 5.55. The zero-order chi connectivity index (χ0) is 10.6. The average molecular weight is 203 g/mol. The molecular formula is C11H25NO2. The molecule has 0 bridgehead atoms. The van der Waals surface area contributed by atoms with Crippen molar-refractivity contribution in [1.82, 2.24) is 4.90 Å². The molecule has 0 aliphatic heterocycles. The van der Waals surface area contributed by atoms with Crippen LogP contribution in [-0.4, -0.2) is 52.0 Å². The van der Waals surface area contributed by atoms with E-state index in [1.165, 1.54) is 13.0 Å². The molecule has 3 nitrogen and oxygen atoms in total. The summed E-state index contributed by atoms with van der Waals surface area (Å²) >= 11 is 0. The molecule has 0 amide bonds. The molecule has 3 heteroatoms. The first kappa shape index (κ1) is 13.9. The van der Waals surface area contributed by atoms with Crippen molar-refractivity contribution in [2.45, 2.75) is 26.2 Å². The fourth-order valence-corrected chi connectivity index (χ4v) is 1.44. The lowest BCUT2D eigenvalue weighted by atomic mass is 10.3. The van der Waals surface area contributed by atoms with Crippen LogP contribution in [0, 0.1) is 0 Å². The second-order valence-electron chi connectivity index (χ2n) is 3.48. The zero-order valence-corrected chi connectivity index (χ0v) is 9.92. The second-order valence-corrected chi connectivity index (χ2v) is 3.48. The molecule has 14 heavy (non-hydrogen) atoms. The summed E-state index contributed by atoms with van der Waals surface area (Å²) in [7, 11) is 3.52. The fourth-order valence-electron chi connectivity index (χ4n) is 1.44. The number of methoxy groups -OCH3 is 2. The van der Waals surface area contributed by atoms with E-state index in [4.69, 9.17) is 9.47 Å². The van der Waals surface area contributed by atoms with Crippen LogP contribution in [0.15, 0.2) is 0 Å². The van der Waals surface area contributed by atoms with Crippen molar-refractivity contribution in [2.24, 2.45) is 0 Å². The summed E-state index contributed by atoms with van der Waals surface area (Å²) in [5, 5.41) is 0. The van der Waals surface area contributed by atoms with E-state index in [1.807, 2.05) is 0 Å². The lowest BCUT2D eigenvalue weighted by Gasteiger charge is -2.19. The standard InChI is InChI=1S/C11H25NO2/c1-4-12(9-7-11-14-3)8-5-6-10-13-2/h4-11H2,1-3H3. The van der Waals surface area contributed by atoms with Gasteiger partial charge >= 0.3 is 0 Å². The molecule has 0 aliphatic rings. The number of nitrogens with zero attached hydrogens (tertiary/aromatic N) is 1. The third kappa shape index (κ3) is 8.48. The van der Waals surface area contributed by atoms with Gasteiger partial charge in [-0.3, -0.25) is 0 Å². The summed E-state index contributed by atoms with van der Waals surface area (Å²) in [5.74, 6) is 0. The summed E-state index contributed by atoms with van der Waals surface area (Å²) in [5.41, 5.74) is 0. The van der Waals surface area contributed by atoms with E-state index in [0.29, 0.717) is 0 Å². The van der Waals surface area contributed by atoms with Gasteiger partial charge in [0.1, 0.15) is 0 Å². The van der Waals surface area contributed by atoms with Crippen LogP contribution in [0.1, 0.15) is 26.2 Å². The number of hydrogen-bond donors (Lipinski definition) is 0. The summed E-state index contributed by atoms with van der Waals surface area (Å²) in [6.45, 7) is 7.44. The third-order valence-electron chi connectivity index (χ3n) is 2.34. The normalized spacial score (nSPS) is 11.1. The highest BCUT2D eigenvalue weighted by atomic mass is 16.5. The minimum absolute atomic E-state index is 0.870. The topological polar surface area (TPSA) is 21.7 Å². The van der Waals surface area contributed by atoms with Crippen molar-refractivity contribution in [2.75, 3.05) is 47.1 Å². The molecule has 0 atom stereocenters. The molecule has 0 heterocycles. The van der Waals surface area contributed by atoms with Crippen LogP contribution >= 0.6 is 0 Å². The van der Waals surface area contributed by atoms with Gasteiger partial charge in [-0.1, -0.05) is 6.92 Å². The smallest absolute Gasteiger partial charge is 0.0474 e. The molecule has 0 radical (unpaired) electrons. The van der Waals surface area contributed by atoms with Gasteiger partial charge in [-0.15, -0.1) is 0 Å². The molecule has 0 unspecified atom stereocenters. The van der Waals surface area contributed by atoms with Crippen molar-refractivity contribution in [3.63, 3.8) is 0 Å². The Balaban J connectivity index is 3.28. The van der Waals surface area contributed by atoms with Crippen LogP contribution in [0.2, 0.25) is 0 Å². The third-order valence-corrected chi connectivity index (χ3v) is 2.34. The van der Waals surface area contributed by atoms with Crippen molar-refractivity contribution < 1.29 is 9.47 Å². The highest BCUT2D eigenvalue weighted by Crippen LogP contribution is 1.97. The lowest BCUT2D eigenvalue weighted by Crippen LogP contribution is -2.26. The summed E-state index contributed by atoms with van der Waals surface area (Å²) < 4.78 is 10.1. The lowest BCUT2D eigenvalue weighted by molar-refractivity contribution is 0.166. The van der Waals surface area contributed by atoms with Gasteiger partial charge in [0.2, 0.25) is 0 Å². The van der Waals surface area contributed by atoms with E-state index in [2.05, 4.69) is 11.8 Å². The summed E-state index contributed by atoms with van der Waals surface area (Å²) in [4.78, 5) is 2.47. The van der Waals surface area contributed by atoms with Gasteiger partial charge < -0.3 is 14.4 Å². The van der Waals surface area contributed by atoms with Crippen molar-refractivity contribution in [3.05, 3.63) is 0 Å². The van der Waals surface area contributed by atoms with Crippen molar-refractivity contribution >= 4 is 0 Å². The van der Waals surface area contributed by atoms with Gasteiger partial charge in [0.25, 0.3) is 0 Å².